The Morgan fingerprint density at radius 2 is 2.35 bits per heavy atom. The van der Waals surface area contributed by atoms with Gasteiger partial charge in [0.05, 0.1) is 17.7 Å². The summed E-state index contributed by atoms with van der Waals surface area (Å²) >= 11 is 5.91. The molecule has 1 aromatic heterocycles. The summed E-state index contributed by atoms with van der Waals surface area (Å²) in [7, 11) is 0. The topological polar surface area (TPSA) is 56.6 Å². The summed E-state index contributed by atoms with van der Waals surface area (Å²) in [5.41, 5.74) is 0.690. The molecule has 2 heterocycles. The van der Waals surface area contributed by atoms with Crippen LogP contribution in [0.4, 0.5) is 5.82 Å². The van der Waals surface area contributed by atoms with Crippen molar-refractivity contribution in [2.45, 2.75) is 26.1 Å². The van der Waals surface area contributed by atoms with E-state index in [9.17, 15) is 5.11 Å². The summed E-state index contributed by atoms with van der Waals surface area (Å²) in [6.07, 6.45) is 2.09. The maximum atomic E-state index is 9.68. The summed E-state index contributed by atoms with van der Waals surface area (Å²) in [6.45, 7) is 3.51. The van der Waals surface area contributed by atoms with Gasteiger partial charge in [-0.2, -0.15) is 0 Å². The molecule has 2 unspecified atom stereocenters. The summed E-state index contributed by atoms with van der Waals surface area (Å²) < 4.78 is 0. The third-order valence-corrected chi connectivity index (χ3v) is 3.61. The smallest absolute Gasteiger partial charge is 0.128 e. The van der Waals surface area contributed by atoms with Crippen molar-refractivity contribution in [1.29, 1.82) is 0 Å². The quantitative estimate of drug-likeness (QED) is 0.841. The standard InChI is InChI=1S/C12H17ClN2O2/c1-8-6-15(3-2-11(8)17)12-4-9(7-16)10(13)5-14-12/h4-5,8,11,16-17H,2-3,6-7H2,1H3. The molecule has 0 aliphatic carbocycles. The van der Waals surface area contributed by atoms with Crippen molar-refractivity contribution in [2.24, 2.45) is 5.92 Å². The highest BCUT2D eigenvalue weighted by molar-refractivity contribution is 6.31. The van der Waals surface area contributed by atoms with Crippen LogP contribution in [0.1, 0.15) is 18.9 Å². The van der Waals surface area contributed by atoms with Crippen molar-refractivity contribution in [3.8, 4) is 0 Å². The van der Waals surface area contributed by atoms with Crippen molar-refractivity contribution >= 4 is 17.4 Å². The van der Waals surface area contributed by atoms with Crippen LogP contribution in [0, 0.1) is 5.92 Å². The summed E-state index contributed by atoms with van der Waals surface area (Å²) in [6, 6.07) is 1.81. The average Bonchev–Trinajstić information content (AvgIpc) is 2.33. The number of pyridine rings is 1. The van der Waals surface area contributed by atoms with Crippen molar-refractivity contribution < 1.29 is 10.2 Å². The van der Waals surface area contributed by atoms with Gasteiger partial charge in [-0.15, -0.1) is 0 Å². The molecule has 0 radical (unpaired) electrons. The van der Waals surface area contributed by atoms with Crippen molar-refractivity contribution in [1.82, 2.24) is 4.98 Å². The van der Waals surface area contributed by atoms with Gasteiger partial charge in [-0.1, -0.05) is 18.5 Å². The number of hydrogen-bond donors (Lipinski definition) is 2. The van der Waals surface area contributed by atoms with Crippen LogP contribution in [0.2, 0.25) is 5.02 Å². The van der Waals surface area contributed by atoms with Gasteiger partial charge in [-0.3, -0.25) is 0 Å². The van der Waals surface area contributed by atoms with Gasteiger partial charge in [-0.25, -0.2) is 4.98 Å². The first kappa shape index (κ1) is 12.6. The summed E-state index contributed by atoms with van der Waals surface area (Å²) in [5.74, 6) is 1.05. The van der Waals surface area contributed by atoms with Crippen LogP contribution in [0.5, 0.6) is 0 Å². The molecular weight excluding hydrogens is 240 g/mol. The minimum atomic E-state index is -0.226. The molecule has 0 amide bonds. The molecule has 0 saturated carbocycles. The Morgan fingerprint density at radius 1 is 1.59 bits per heavy atom. The number of piperidine rings is 1. The zero-order chi connectivity index (χ0) is 12.4. The molecule has 94 valence electrons. The van der Waals surface area contributed by atoms with Gasteiger partial charge in [0.25, 0.3) is 0 Å². The number of hydrogen-bond acceptors (Lipinski definition) is 4. The molecule has 2 atom stereocenters. The minimum Gasteiger partial charge on any atom is -0.393 e. The fraction of sp³-hybridized carbons (Fsp3) is 0.583. The van der Waals surface area contributed by atoms with E-state index < -0.39 is 0 Å². The van der Waals surface area contributed by atoms with Gasteiger partial charge in [0.2, 0.25) is 0 Å². The number of aromatic nitrogens is 1. The van der Waals surface area contributed by atoms with E-state index in [4.69, 9.17) is 16.7 Å². The van der Waals surface area contributed by atoms with Gasteiger partial charge in [0.1, 0.15) is 5.82 Å². The average molecular weight is 257 g/mol. The Bertz CT molecular complexity index is 400. The van der Waals surface area contributed by atoms with Gasteiger partial charge < -0.3 is 15.1 Å². The molecule has 1 fully saturated rings. The first-order valence-electron chi connectivity index (χ1n) is 5.80. The Labute approximate surface area is 106 Å². The van der Waals surface area contributed by atoms with E-state index in [1.165, 1.54) is 0 Å². The van der Waals surface area contributed by atoms with E-state index in [0.29, 0.717) is 10.6 Å². The van der Waals surface area contributed by atoms with Crippen molar-refractivity contribution in [2.75, 3.05) is 18.0 Å². The van der Waals surface area contributed by atoms with E-state index in [0.717, 1.165) is 25.3 Å². The van der Waals surface area contributed by atoms with E-state index in [-0.39, 0.29) is 18.6 Å². The molecular formula is C12H17ClN2O2. The van der Waals surface area contributed by atoms with Gasteiger partial charge >= 0.3 is 0 Å². The SMILES string of the molecule is CC1CN(c2cc(CO)c(Cl)cn2)CCC1O. The molecule has 1 aliphatic rings. The molecule has 0 spiro atoms. The lowest BCUT2D eigenvalue weighted by atomic mass is 9.97. The minimum absolute atomic E-state index is 0.0830. The molecule has 1 aromatic rings. The first-order chi connectivity index (χ1) is 8.11. The second-order valence-electron chi connectivity index (χ2n) is 4.57. The second-order valence-corrected chi connectivity index (χ2v) is 4.98. The van der Waals surface area contributed by atoms with E-state index in [2.05, 4.69) is 9.88 Å². The van der Waals surface area contributed by atoms with Crippen LogP contribution < -0.4 is 4.90 Å². The highest BCUT2D eigenvalue weighted by Crippen LogP contribution is 2.25. The molecule has 0 bridgehead atoms. The fourth-order valence-electron chi connectivity index (χ4n) is 2.10. The van der Waals surface area contributed by atoms with Crippen molar-refractivity contribution in [3.05, 3.63) is 22.8 Å². The number of rotatable bonds is 2. The fourth-order valence-corrected chi connectivity index (χ4v) is 2.27. The molecule has 2 rings (SSSR count). The molecule has 0 aromatic carbocycles. The van der Waals surface area contributed by atoms with E-state index >= 15 is 0 Å². The molecule has 1 aliphatic heterocycles. The lowest BCUT2D eigenvalue weighted by Gasteiger charge is -2.35. The van der Waals surface area contributed by atoms with Gasteiger partial charge in [0, 0.05) is 24.8 Å². The monoisotopic (exact) mass is 256 g/mol. The lowest BCUT2D eigenvalue weighted by Crippen LogP contribution is -2.42. The van der Waals surface area contributed by atoms with Crippen LogP contribution in [-0.4, -0.2) is 34.4 Å². The molecule has 5 heteroatoms. The van der Waals surface area contributed by atoms with Gasteiger partial charge in [0.15, 0.2) is 0 Å². The Morgan fingerprint density at radius 3 is 3.00 bits per heavy atom. The van der Waals surface area contributed by atoms with Crippen molar-refractivity contribution in [3.63, 3.8) is 0 Å². The zero-order valence-electron chi connectivity index (χ0n) is 9.80. The van der Waals surface area contributed by atoms with Gasteiger partial charge in [-0.05, 0) is 18.4 Å². The maximum Gasteiger partial charge on any atom is 0.128 e. The first-order valence-corrected chi connectivity index (χ1v) is 6.18. The Balaban J connectivity index is 2.17. The number of aliphatic hydroxyl groups excluding tert-OH is 2. The predicted octanol–water partition coefficient (Wildman–Crippen LogP) is 1.43. The predicted molar refractivity (Wildman–Crippen MR) is 67.2 cm³/mol. The van der Waals surface area contributed by atoms with Crippen LogP contribution in [0.15, 0.2) is 12.3 Å². The third kappa shape index (κ3) is 2.70. The Hall–Kier alpha value is -0.840. The largest absolute Gasteiger partial charge is 0.393 e. The number of anilines is 1. The maximum absolute atomic E-state index is 9.68. The molecule has 4 nitrogen and oxygen atoms in total. The summed E-state index contributed by atoms with van der Waals surface area (Å²) in [4.78, 5) is 6.39. The highest BCUT2D eigenvalue weighted by Gasteiger charge is 2.25. The van der Waals surface area contributed by atoms with E-state index in [1.54, 1.807) is 6.20 Å². The van der Waals surface area contributed by atoms with Crippen LogP contribution in [0.25, 0.3) is 0 Å². The van der Waals surface area contributed by atoms with Crippen LogP contribution in [-0.2, 0) is 6.61 Å². The molecule has 1 saturated heterocycles. The Kier molecular flexibility index (Phi) is 3.86. The normalized spacial score (nSPS) is 25.1. The number of nitrogens with zero attached hydrogens (tertiary/aromatic N) is 2. The number of aliphatic hydroxyl groups is 2. The highest BCUT2D eigenvalue weighted by atomic mass is 35.5. The molecule has 17 heavy (non-hydrogen) atoms. The molecule has 2 N–H and O–H groups in total. The van der Waals surface area contributed by atoms with Crippen LogP contribution in [0.3, 0.4) is 0 Å². The zero-order valence-corrected chi connectivity index (χ0v) is 10.6. The second kappa shape index (κ2) is 5.21. The van der Waals surface area contributed by atoms with Crippen LogP contribution >= 0.6 is 11.6 Å². The lowest BCUT2D eigenvalue weighted by molar-refractivity contribution is 0.0969. The number of halogens is 1. The third-order valence-electron chi connectivity index (χ3n) is 3.27. The van der Waals surface area contributed by atoms with E-state index in [1.807, 2.05) is 13.0 Å². The summed E-state index contributed by atoms with van der Waals surface area (Å²) in [5, 5.41) is 19.3.